The Bertz CT molecular complexity index is 784. The lowest BCUT2D eigenvalue weighted by atomic mass is 9.99. The van der Waals surface area contributed by atoms with Crippen LogP contribution in [0.25, 0.3) is 0 Å². The molecule has 0 unspecified atom stereocenters. The first-order valence-corrected chi connectivity index (χ1v) is 10.0. The first kappa shape index (κ1) is 22.9. The second-order valence-corrected chi connectivity index (χ2v) is 8.56. The van der Waals surface area contributed by atoms with E-state index in [1.807, 2.05) is 0 Å². The molecule has 1 aromatic carbocycles. The van der Waals surface area contributed by atoms with Gasteiger partial charge >= 0.3 is 6.18 Å². The molecule has 0 spiro atoms. The van der Waals surface area contributed by atoms with Gasteiger partial charge in [-0.15, -0.1) is 0 Å². The summed E-state index contributed by atoms with van der Waals surface area (Å²) in [6.07, 6.45) is -3.62. The van der Waals surface area contributed by atoms with Gasteiger partial charge in [0.25, 0.3) is 0 Å². The van der Waals surface area contributed by atoms with E-state index in [1.165, 1.54) is 0 Å². The second kappa shape index (κ2) is 9.19. The third-order valence-corrected chi connectivity index (χ3v) is 4.83. The topological polar surface area (TPSA) is 99.1 Å². The molecule has 0 fully saturated rings. The maximum Gasteiger partial charge on any atom is 0.407 e. The predicted octanol–water partition coefficient (Wildman–Crippen LogP) is 2.34. The molecular weight excluding hydrogens is 383 g/mol. The number of nitrogens with zero attached hydrogens (tertiary/aromatic N) is 1. The van der Waals surface area contributed by atoms with Crippen LogP contribution in [-0.4, -0.2) is 39.3 Å². The number of halogens is 3. The van der Waals surface area contributed by atoms with Gasteiger partial charge in [-0.25, -0.2) is 8.42 Å². The van der Waals surface area contributed by atoms with E-state index in [1.54, 1.807) is 19.9 Å². The van der Waals surface area contributed by atoms with E-state index in [4.69, 9.17) is 5.26 Å². The molecule has 0 radical (unpaired) electrons. The molecule has 27 heavy (non-hydrogen) atoms. The van der Waals surface area contributed by atoms with E-state index in [2.05, 4.69) is 10.6 Å². The zero-order valence-electron chi connectivity index (χ0n) is 15.2. The zero-order valence-corrected chi connectivity index (χ0v) is 16.0. The Morgan fingerprint density at radius 1 is 1.22 bits per heavy atom. The summed E-state index contributed by atoms with van der Waals surface area (Å²) >= 11 is 0. The largest absolute Gasteiger partial charge is 0.407 e. The molecule has 0 aliphatic carbocycles. The summed E-state index contributed by atoms with van der Waals surface area (Å²) in [5.74, 6) is -0.774. The lowest BCUT2D eigenvalue weighted by Gasteiger charge is -2.28. The molecule has 1 amide bonds. The Morgan fingerprint density at radius 2 is 1.78 bits per heavy atom. The molecule has 0 aliphatic rings. The van der Waals surface area contributed by atoms with Crippen LogP contribution in [0.1, 0.15) is 31.9 Å². The molecule has 0 heterocycles. The summed E-state index contributed by atoms with van der Waals surface area (Å²) in [6.45, 7) is 3.21. The van der Waals surface area contributed by atoms with E-state index in [-0.39, 0.29) is 29.3 Å². The average Bonchev–Trinajstić information content (AvgIpc) is 2.54. The summed E-state index contributed by atoms with van der Waals surface area (Å²) in [5.41, 5.74) is -0.211. The minimum Gasteiger partial charge on any atom is -0.342 e. The highest BCUT2D eigenvalue weighted by atomic mass is 32.2. The van der Waals surface area contributed by atoms with Gasteiger partial charge in [0.15, 0.2) is 9.84 Å². The molecule has 1 aromatic rings. The van der Waals surface area contributed by atoms with Crippen molar-refractivity contribution in [2.75, 3.05) is 12.8 Å². The second-order valence-electron chi connectivity index (χ2n) is 6.54. The van der Waals surface area contributed by atoms with Crippen molar-refractivity contribution in [3.8, 4) is 6.07 Å². The van der Waals surface area contributed by atoms with E-state index >= 15 is 0 Å². The number of alkyl halides is 3. The van der Waals surface area contributed by atoms with Crippen LogP contribution in [0.5, 0.6) is 0 Å². The van der Waals surface area contributed by atoms with Gasteiger partial charge in [-0.3, -0.25) is 10.1 Å². The van der Waals surface area contributed by atoms with Crippen molar-refractivity contribution in [2.45, 2.75) is 43.4 Å². The summed E-state index contributed by atoms with van der Waals surface area (Å²) in [6, 6.07) is 2.70. The summed E-state index contributed by atoms with van der Waals surface area (Å²) in [5, 5.41) is 13.1. The fraction of sp³-hybridized carbons (Fsp3) is 0.529. The van der Waals surface area contributed by atoms with Crippen LogP contribution in [0, 0.1) is 17.2 Å². The van der Waals surface area contributed by atoms with Crippen LogP contribution in [0.4, 0.5) is 13.2 Å². The number of sulfone groups is 1. The van der Waals surface area contributed by atoms with Gasteiger partial charge in [0, 0.05) is 6.26 Å². The summed E-state index contributed by atoms with van der Waals surface area (Å²) in [4.78, 5) is 12.0. The number of rotatable bonds is 8. The number of hydrogen-bond donors (Lipinski definition) is 2. The molecule has 6 nitrogen and oxygen atoms in total. The molecule has 10 heteroatoms. The lowest BCUT2D eigenvalue weighted by molar-refractivity contribution is -0.161. The van der Waals surface area contributed by atoms with E-state index in [0.717, 1.165) is 30.5 Å². The Labute approximate surface area is 156 Å². The van der Waals surface area contributed by atoms with E-state index in [0.29, 0.717) is 0 Å². The Kier molecular flexibility index (Phi) is 7.80. The van der Waals surface area contributed by atoms with Crippen LogP contribution >= 0.6 is 0 Å². The zero-order chi connectivity index (χ0) is 20.8. The summed E-state index contributed by atoms with van der Waals surface area (Å²) in [7, 11) is -3.54. The van der Waals surface area contributed by atoms with Crippen molar-refractivity contribution in [3.05, 3.63) is 29.8 Å². The fourth-order valence-electron chi connectivity index (χ4n) is 2.46. The highest BCUT2D eigenvalue weighted by Crippen LogP contribution is 2.34. The van der Waals surface area contributed by atoms with Crippen molar-refractivity contribution in [1.29, 1.82) is 5.26 Å². The van der Waals surface area contributed by atoms with Gasteiger partial charge in [-0.1, -0.05) is 26.0 Å². The van der Waals surface area contributed by atoms with Gasteiger partial charge in [0.2, 0.25) is 5.91 Å². The van der Waals surface area contributed by atoms with Gasteiger partial charge < -0.3 is 5.32 Å². The quantitative estimate of drug-likeness (QED) is 0.647. The van der Waals surface area contributed by atoms with Crippen LogP contribution in [0.3, 0.4) is 0 Å². The van der Waals surface area contributed by atoms with E-state index in [9.17, 15) is 26.4 Å². The third kappa shape index (κ3) is 7.19. The standard InChI is InChI=1S/C17H22F3N3O3S/c1-11(2)10-14(16(24)22-9-8-21)23-15(17(18,19)20)12-4-6-13(7-5-12)27(3,25)26/h4-7,11,14-15,23H,9-10H2,1-3H3,(H,22,24)/t14-,15-/m0/s1. The lowest BCUT2D eigenvalue weighted by Crippen LogP contribution is -2.49. The highest BCUT2D eigenvalue weighted by molar-refractivity contribution is 7.90. The molecule has 0 aliphatic heterocycles. The van der Waals surface area contributed by atoms with Crippen LogP contribution in [-0.2, 0) is 14.6 Å². The monoisotopic (exact) mass is 405 g/mol. The minimum absolute atomic E-state index is 0.0724. The Hall–Kier alpha value is -2.12. The first-order chi connectivity index (χ1) is 12.4. The highest BCUT2D eigenvalue weighted by Gasteiger charge is 2.42. The molecule has 0 saturated carbocycles. The fourth-order valence-corrected chi connectivity index (χ4v) is 3.09. The molecule has 0 aromatic heterocycles. The normalized spacial score (nSPS) is 14.4. The number of carbonyl (C=O) groups is 1. The van der Waals surface area contributed by atoms with Gasteiger partial charge in [-0.05, 0) is 30.0 Å². The molecule has 0 bridgehead atoms. The SMILES string of the molecule is CC(C)C[C@H](N[C@@H](c1ccc(S(C)(=O)=O)cc1)C(F)(F)F)C(=O)NCC#N. The van der Waals surface area contributed by atoms with Crippen molar-refractivity contribution in [1.82, 2.24) is 10.6 Å². The van der Waals surface area contributed by atoms with Gasteiger partial charge in [0.05, 0.1) is 17.0 Å². The maximum atomic E-state index is 13.6. The molecule has 150 valence electrons. The van der Waals surface area contributed by atoms with Crippen molar-refractivity contribution in [2.24, 2.45) is 5.92 Å². The molecule has 2 N–H and O–H groups in total. The summed E-state index contributed by atoms with van der Waals surface area (Å²) < 4.78 is 63.7. The minimum atomic E-state index is -4.71. The molecule has 2 atom stereocenters. The Morgan fingerprint density at radius 3 is 2.19 bits per heavy atom. The van der Waals surface area contributed by atoms with E-state index < -0.39 is 34.0 Å². The number of nitriles is 1. The predicted molar refractivity (Wildman–Crippen MR) is 93.3 cm³/mol. The van der Waals surface area contributed by atoms with Crippen LogP contribution < -0.4 is 10.6 Å². The van der Waals surface area contributed by atoms with Crippen molar-refractivity contribution >= 4 is 15.7 Å². The number of hydrogen-bond acceptors (Lipinski definition) is 5. The average molecular weight is 405 g/mol. The van der Waals surface area contributed by atoms with Gasteiger partial charge in [0.1, 0.15) is 12.6 Å². The smallest absolute Gasteiger partial charge is 0.342 e. The molecule has 0 saturated heterocycles. The third-order valence-electron chi connectivity index (χ3n) is 3.70. The molecule has 1 rings (SSSR count). The maximum absolute atomic E-state index is 13.6. The first-order valence-electron chi connectivity index (χ1n) is 8.13. The Balaban J connectivity index is 3.17. The number of nitrogens with one attached hydrogen (secondary N) is 2. The van der Waals surface area contributed by atoms with Crippen molar-refractivity contribution < 1.29 is 26.4 Å². The van der Waals surface area contributed by atoms with Gasteiger partial charge in [-0.2, -0.15) is 18.4 Å². The van der Waals surface area contributed by atoms with Crippen LogP contribution in [0.2, 0.25) is 0 Å². The van der Waals surface area contributed by atoms with Crippen LogP contribution in [0.15, 0.2) is 29.2 Å². The number of carbonyl (C=O) groups excluding carboxylic acids is 1. The number of benzene rings is 1. The number of amides is 1. The molecular formula is C17H22F3N3O3S. The van der Waals surface area contributed by atoms with Crippen molar-refractivity contribution in [3.63, 3.8) is 0 Å².